The average Bonchev–Trinajstić information content (AvgIpc) is 3.25. The smallest absolute Gasteiger partial charge is 0.250 e. The summed E-state index contributed by atoms with van der Waals surface area (Å²) < 4.78 is 32.6. The SMILES string of the molecule is CN=C(NCCNS(=O)(=O)c1cccs1)NCc1ncc(C(C)(C)C)o1. The summed E-state index contributed by atoms with van der Waals surface area (Å²) in [7, 11) is -1.80. The van der Waals surface area contributed by atoms with Gasteiger partial charge in [0.05, 0.1) is 12.7 Å². The van der Waals surface area contributed by atoms with Crippen LogP contribution in [0.3, 0.4) is 0 Å². The van der Waals surface area contributed by atoms with Crippen LogP contribution >= 0.6 is 11.3 Å². The molecular formula is C16H25N5O3S2. The maximum absolute atomic E-state index is 12.0. The van der Waals surface area contributed by atoms with Crippen molar-refractivity contribution in [1.82, 2.24) is 20.3 Å². The number of hydrogen-bond donors (Lipinski definition) is 3. The van der Waals surface area contributed by atoms with Crippen molar-refractivity contribution in [3.05, 3.63) is 35.4 Å². The molecule has 0 fully saturated rings. The van der Waals surface area contributed by atoms with Crippen molar-refractivity contribution >= 4 is 27.3 Å². The number of nitrogens with zero attached hydrogens (tertiary/aromatic N) is 2. The number of thiophene rings is 1. The zero-order valence-corrected chi connectivity index (χ0v) is 17.0. The molecule has 0 radical (unpaired) electrons. The van der Waals surface area contributed by atoms with Gasteiger partial charge in [0.15, 0.2) is 5.96 Å². The Bertz CT molecular complexity index is 820. The van der Waals surface area contributed by atoms with Crippen LogP contribution in [0.1, 0.15) is 32.4 Å². The van der Waals surface area contributed by atoms with Crippen LogP contribution in [0.5, 0.6) is 0 Å². The fourth-order valence-corrected chi connectivity index (χ4v) is 4.04. The molecule has 0 spiro atoms. The van der Waals surface area contributed by atoms with Crippen molar-refractivity contribution in [3.63, 3.8) is 0 Å². The summed E-state index contributed by atoms with van der Waals surface area (Å²) in [6, 6.07) is 3.28. The van der Waals surface area contributed by atoms with Crippen LogP contribution < -0.4 is 15.4 Å². The van der Waals surface area contributed by atoms with Crippen LogP contribution in [-0.2, 0) is 22.0 Å². The normalized spacial score (nSPS) is 13.0. The third kappa shape index (κ3) is 5.82. The van der Waals surface area contributed by atoms with Gasteiger partial charge in [-0.3, -0.25) is 4.99 Å². The Balaban J connectivity index is 1.75. The first-order valence-electron chi connectivity index (χ1n) is 8.15. The lowest BCUT2D eigenvalue weighted by Crippen LogP contribution is -2.41. The minimum absolute atomic E-state index is 0.0924. The lowest BCUT2D eigenvalue weighted by molar-refractivity contribution is 0.379. The molecule has 2 aromatic heterocycles. The van der Waals surface area contributed by atoms with E-state index in [0.29, 0.717) is 29.1 Å². The van der Waals surface area contributed by atoms with Gasteiger partial charge < -0.3 is 15.1 Å². The van der Waals surface area contributed by atoms with Gasteiger partial charge in [-0.05, 0) is 11.4 Å². The van der Waals surface area contributed by atoms with E-state index in [2.05, 4.69) is 46.1 Å². The lowest BCUT2D eigenvalue weighted by atomic mass is 9.94. The molecule has 0 aliphatic rings. The minimum atomic E-state index is -3.44. The fourth-order valence-electron chi connectivity index (χ4n) is 1.97. The monoisotopic (exact) mass is 399 g/mol. The molecule has 0 unspecified atom stereocenters. The molecule has 0 bridgehead atoms. The molecule has 0 atom stereocenters. The molecule has 144 valence electrons. The third-order valence-electron chi connectivity index (χ3n) is 3.39. The number of nitrogens with one attached hydrogen (secondary N) is 3. The topological polar surface area (TPSA) is 109 Å². The summed E-state index contributed by atoms with van der Waals surface area (Å²) in [5.74, 6) is 1.92. The minimum Gasteiger partial charge on any atom is -0.443 e. The van der Waals surface area contributed by atoms with E-state index in [4.69, 9.17) is 4.42 Å². The maximum Gasteiger partial charge on any atom is 0.250 e. The zero-order chi connectivity index (χ0) is 19.2. The summed E-state index contributed by atoms with van der Waals surface area (Å²) in [6.45, 7) is 7.20. The highest BCUT2D eigenvalue weighted by Crippen LogP contribution is 2.22. The van der Waals surface area contributed by atoms with Crippen LogP contribution in [0, 0.1) is 0 Å². The molecule has 26 heavy (non-hydrogen) atoms. The standard InChI is InChI=1S/C16H25N5O3S2/c1-16(2,3)12-10-19-13(24-12)11-20-15(17-4)18-7-8-21-26(22,23)14-6-5-9-25-14/h5-6,9-10,21H,7-8,11H2,1-4H3,(H2,17,18,20). The number of guanidine groups is 1. The second-order valence-electron chi connectivity index (χ2n) is 6.55. The third-order valence-corrected chi connectivity index (χ3v) is 6.25. The van der Waals surface area contributed by atoms with Crippen LogP contribution in [0.4, 0.5) is 0 Å². The Labute approximate surface area is 158 Å². The van der Waals surface area contributed by atoms with Gasteiger partial charge in [-0.15, -0.1) is 11.3 Å². The Morgan fingerprint density at radius 1 is 1.31 bits per heavy atom. The van der Waals surface area contributed by atoms with Crippen LogP contribution in [0.2, 0.25) is 0 Å². The maximum atomic E-state index is 12.0. The molecule has 0 saturated heterocycles. The average molecular weight is 400 g/mol. The number of aliphatic imine (C=N–C) groups is 1. The van der Waals surface area contributed by atoms with Crippen molar-refractivity contribution in [2.45, 2.75) is 36.9 Å². The van der Waals surface area contributed by atoms with Gasteiger partial charge in [-0.2, -0.15) is 0 Å². The number of oxazole rings is 1. The highest BCUT2D eigenvalue weighted by Gasteiger charge is 2.19. The number of hydrogen-bond acceptors (Lipinski definition) is 6. The predicted molar refractivity (Wildman–Crippen MR) is 103 cm³/mol. The van der Waals surface area contributed by atoms with E-state index in [1.807, 2.05) is 0 Å². The van der Waals surface area contributed by atoms with Gasteiger partial charge in [-0.25, -0.2) is 18.1 Å². The first kappa shape index (κ1) is 20.4. The second-order valence-corrected chi connectivity index (χ2v) is 9.49. The first-order chi connectivity index (χ1) is 12.2. The van der Waals surface area contributed by atoms with Crippen molar-refractivity contribution < 1.29 is 12.8 Å². The molecule has 2 heterocycles. The molecule has 0 amide bonds. The summed E-state index contributed by atoms with van der Waals surface area (Å²) in [6.07, 6.45) is 1.73. The highest BCUT2D eigenvalue weighted by atomic mass is 32.2. The van der Waals surface area contributed by atoms with E-state index in [0.717, 1.165) is 5.76 Å². The van der Waals surface area contributed by atoms with Crippen LogP contribution in [0.15, 0.2) is 37.3 Å². The van der Waals surface area contributed by atoms with Crippen molar-refractivity contribution in [2.75, 3.05) is 20.1 Å². The molecule has 0 aliphatic heterocycles. The van der Waals surface area contributed by atoms with Gasteiger partial charge in [-0.1, -0.05) is 26.8 Å². The summed E-state index contributed by atoms with van der Waals surface area (Å²) in [5.41, 5.74) is -0.0924. The van der Waals surface area contributed by atoms with Gasteiger partial charge in [0.25, 0.3) is 0 Å². The summed E-state index contributed by atoms with van der Waals surface area (Å²) in [4.78, 5) is 8.34. The largest absolute Gasteiger partial charge is 0.443 e. The molecule has 0 saturated carbocycles. The van der Waals surface area contributed by atoms with E-state index >= 15 is 0 Å². The summed E-state index contributed by atoms with van der Waals surface area (Å²) >= 11 is 1.18. The van der Waals surface area contributed by atoms with Crippen molar-refractivity contribution in [3.8, 4) is 0 Å². The highest BCUT2D eigenvalue weighted by molar-refractivity contribution is 7.91. The molecule has 8 nitrogen and oxygen atoms in total. The molecule has 0 aliphatic carbocycles. The molecule has 3 N–H and O–H groups in total. The van der Waals surface area contributed by atoms with E-state index in [1.54, 1.807) is 30.8 Å². The Kier molecular flexibility index (Phi) is 6.79. The molecule has 2 aromatic rings. The van der Waals surface area contributed by atoms with Gasteiger partial charge in [0.2, 0.25) is 15.9 Å². The number of sulfonamides is 1. The fraction of sp³-hybridized carbons (Fsp3) is 0.500. The molecular weight excluding hydrogens is 374 g/mol. The number of rotatable bonds is 7. The quantitative estimate of drug-likeness (QED) is 0.371. The Morgan fingerprint density at radius 2 is 2.08 bits per heavy atom. The lowest BCUT2D eigenvalue weighted by Gasteiger charge is -2.13. The van der Waals surface area contributed by atoms with Gasteiger partial charge in [0.1, 0.15) is 9.97 Å². The van der Waals surface area contributed by atoms with E-state index < -0.39 is 10.0 Å². The molecule has 10 heteroatoms. The molecule has 0 aromatic carbocycles. The van der Waals surface area contributed by atoms with Gasteiger partial charge in [0, 0.05) is 25.6 Å². The number of aromatic nitrogens is 1. The van der Waals surface area contributed by atoms with Crippen molar-refractivity contribution in [2.24, 2.45) is 4.99 Å². The van der Waals surface area contributed by atoms with Gasteiger partial charge >= 0.3 is 0 Å². The predicted octanol–water partition coefficient (Wildman–Crippen LogP) is 1.68. The van der Waals surface area contributed by atoms with Crippen molar-refractivity contribution in [1.29, 1.82) is 0 Å². The Hall–Kier alpha value is -1.91. The first-order valence-corrected chi connectivity index (χ1v) is 10.5. The van der Waals surface area contributed by atoms with E-state index in [9.17, 15) is 8.42 Å². The second kappa shape index (κ2) is 8.65. The zero-order valence-electron chi connectivity index (χ0n) is 15.4. The van der Waals surface area contributed by atoms with E-state index in [-0.39, 0.29) is 12.0 Å². The van der Waals surface area contributed by atoms with Crippen LogP contribution in [0.25, 0.3) is 0 Å². The molecule has 2 rings (SSSR count). The Morgan fingerprint density at radius 3 is 2.65 bits per heavy atom. The van der Waals surface area contributed by atoms with E-state index in [1.165, 1.54) is 11.3 Å². The van der Waals surface area contributed by atoms with Crippen LogP contribution in [-0.4, -0.2) is 39.5 Å². The summed E-state index contributed by atoms with van der Waals surface area (Å²) in [5, 5.41) is 7.85.